The number of benzene rings is 1. The highest BCUT2D eigenvalue weighted by Crippen LogP contribution is 2.16. The Bertz CT molecular complexity index is 336. The van der Waals surface area contributed by atoms with Crippen molar-refractivity contribution in [2.24, 2.45) is 0 Å². The average molecular weight is 250 g/mol. The fraction of sp³-hybridized carbons (Fsp3) is 0.533. The topological polar surface area (TPSA) is 46.5 Å². The van der Waals surface area contributed by atoms with E-state index in [1.54, 1.807) is 6.07 Å². The summed E-state index contributed by atoms with van der Waals surface area (Å²) in [5.41, 5.74) is 0.612. The van der Waals surface area contributed by atoms with Crippen molar-refractivity contribution < 1.29 is 14.6 Å². The maximum absolute atomic E-state index is 10.8. The molecule has 0 heterocycles. The summed E-state index contributed by atoms with van der Waals surface area (Å²) in [7, 11) is 0. The summed E-state index contributed by atoms with van der Waals surface area (Å²) in [5, 5.41) is 8.63. The first kappa shape index (κ1) is 14.7. The summed E-state index contributed by atoms with van der Waals surface area (Å²) in [6.07, 6.45) is 7.32. The summed E-state index contributed by atoms with van der Waals surface area (Å²) in [6.45, 7) is 0.955. The van der Waals surface area contributed by atoms with Crippen LogP contribution in [0, 0.1) is 0 Å². The Morgan fingerprint density at radius 2 is 1.67 bits per heavy atom. The van der Waals surface area contributed by atoms with Crippen molar-refractivity contribution in [1.29, 1.82) is 0 Å². The third-order valence-electron chi connectivity index (χ3n) is 2.86. The molecule has 1 N–H and O–H groups in total. The van der Waals surface area contributed by atoms with Crippen molar-refractivity contribution in [3.63, 3.8) is 0 Å². The minimum Gasteiger partial charge on any atom is -0.493 e. The molecule has 0 aliphatic heterocycles. The van der Waals surface area contributed by atoms with Gasteiger partial charge in [0.15, 0.2) is 6.29 Å². The van der Waals surface area contributed by atoms with Crippen molar-refractivity contribution >= 4 is 6.29 Å². The number of para-hydroxylation sites is 1. The highest BCUT2D eigenvalue weighted by atomic mass is 16.5. The monoisotopic (exact) mass is 250 g/mol. The fourth-order valence-corrected chi connectivity index (χ4v) is 1.81. The third-order valence-corrected chi connectivity index (χ3v) is 2.86. The Morgan fingerprint density at radius 1 is 1.00 bits per heavy atom. The van der Waals surface area contributed by atoms with E-state index in [4.69, 9.17) is 9.84 Å². The maximum Gasteiger partial charge on any atom is 0.153 e. The van der Waals surface area contributed by atoms with Gasteiger partial charge in [0.1, 0.15) is 5.75 Å². The molecular formula is C15H22O3. The second kappa shape index (κ2) is 9.66. The molecule has 1 aromatic rings. The zero-order valence-electron chi connectivity index (χ0n) is 10.8. The van der Waals surface area contributed by atoms with Crippen LogP contribution in [-0.2, 0) is 0 Å². The second-order valence-electron chi connectivity index (χ2n) is 4.35. The second-order valence-corrected chi connectivity index (χ2v) is 4.35. The summed E-state index contributed by atoms with van der Waals surface area (Å²) in [6, 6.07) is 7.29. The van der Waals surface area contributed by atoms with Gasteiger partial charge in [-0.2, -0.15) is 0 Å². The lowest BCUT2D eigenvalue weighted by Gasteiger charge is -2.07. The van der Waals surface area contributed by atoms with E-state index in [2.05, 4.69) is 0 Å². The molecule has 0 spiro atoms. The molecule has 0 bridgehead atoms. The van der Waals surface area contributed by atoms with Gasteiger partial charge in [-0.15, -0.1) is 0 Å². The van der Waals surface area contributed by atoms with Crippen molar-refractivity contribution in [2.45, 2.75) is 38.5 Å². The number of hydrogen-bond acceptors (Lipinski definition) is 3. The van der Waals surface area contributed by atoms with Gasteiger partial charge in [-0.3, -0.25) is 4.79 Å². The van der Waals surface area contributed by atoms with E-state index in [0.29, 0.717) is 24.5 Å². The first-order valence-corrected chi connectivity index (χ1v) is 6.66. The largest absolute Gasteiger partial charge is 0.493 e. The first-order chi connectivity index (χ1) is 8.88. The predicted octanol–water partition coefficient (Wildman–Crippen LogP) is 3.21. The van der Waals surface area contributed by atoms with Crippen LogP contribution in [0.15, 0.2) is 24.3 Å². The molecular weight excluding hydrogens is 228 g/mol. The van der Waals surface area contributed by atoms with Gasteiger partial charge in [0.25, 0.3) is 0 Å². The minimum absolute atomic E-state index is 0.297. The number of aldehydes is 1. The summed E-state index contributed by atoms with van der Waals surface area (Å²) < 4.78 is 5.58. The molecule has 100 valence electrons. The molecule has 1 rings (SSSR count). The van der Waals surface area contributed by atoms with E-state index in [9.17, 15) is 4.79 Å². The van der Waals surface area contributed by atoms with Crippen LogP contribution in [0.25, 0.3) is 0 Å². The summed E-state index contributed by atoms with van der Waals surface area (Å²) in [5.74, 6) is 0.674. The smallest absolute Gasteiger partial charge is 0.153 e. The molecule has 0 unspecified atom stereocenters. The Morgan fingerprint density at radius 3 is 2.39 bits per heavy atom. The Labute approximate surface area is 109 Å². The molecule has 3 nitrogen and oxygen atoms in total. The molecule has 0 aliphatic carbocycles. The molecule has 3 heteroatoms. The molecule has 0 amide bonds. The number of carbonyl (C=O) groups excluding carboxylic acids is 1. The third kappa shape index (κ3) is 5.82. The van der Waals surface area contributed by atoms with Crippen molar-refractivity contribution in [2.75, 3.05) is 13.2 Å². The number of hydrogen-bond donors (Lipinski definition) is 1. The van der Waals surface area contributed by atoms with Crippen LogP contribution in [0.5, 0.6) is 5.75 Å². The zero-order valence-corrected chi connectivity index (χ0v) is 10.8. The number of unbranched alkanes of at least 4 members (excludes halogenated alkanes) is 5. The van der Waals surface area contributed by atoms with E-state index in [0.717, 1.165) is 32.0 Å². The van der Waals surface area contributed by atoms with E-state index >= 15 is 0 Å². The molecule has 1 aromatic carbocycles. The quantitative estimate of drug-likeness (QED) is 0.512. The highest BCUT2D eigenvalue weighted by Gasteiger charge is 2.00. The Kier molecular flexibility index (Phi) is 7.89. The summed E-state index contributed by atoms with van der Waals surface area (Å²) in [4.78, 5) is 10.8. The predicted molar refractivity (Wildman–Crippen MR) is 72.1 cm³/mol. The molecule has 0 saturated carbocycles. The number of rotatable bonds is 10. The minimum atomic E-state index is 0.297. The Balaban J connectivity index is 2.09. The average Bonchev–Trinajstić information content (AvgIpc) is 2.42. The van der Waals surface area contributed by atoms with Gasteiger partial charge in [-0.05, 0) is 25.0 Å². The highest BCUT2D eigenvalue weighted by molar-refractivity contribution is 5.79. The van der Waals surface area contributed by atoms with Gasteiger partial charge in [0.05, 0.1) is 12.2 Å². The van der Waals surface area contributed by atoms with E-state index in [-0.39, 0.29) is 0 Å². The lowest BCUT2D eigenvalue weighted by atomic mass is 10.1. The standard InChI is InChI=1S/C15H22O3/c16-11-7-3-1-2-4-8-12-18-15-10-6-5-9-14(15)13-17/h5-6,9-10,13,16H,1-4,7-8,11-12H2. The normalized spacial score (nSPS) is 10.3. The van der Waals surface area contributed by atoms with Crippen LogP contribution in [0.4, 0.5) is 0 Å². The van der Waals surface area contributed by atoms with Gasteiger partial charge >= 0.3 is 0 Å². The van der Waals surface area contributed by atoms with Crippen LogP contribution >= 0.6 is 0 Å². The van der Waals surface area contributed by atoms with Gasteiger partial charge in [0.2, 0.25) is 0 Å². The van der Waals surface area contributed by atoms with E-state index < -0.39 is 0 Å². The van der Waals surface area contributed by atoms with Gasteiger partial charge < -0.3 is 9.84 Å². The SMILES string of the molecule is O=Cc1ccccc1OCCCCCCCCO. The van der Waals surface area contributed by atoms with Crippen LogP contribution in [-0.4, -0.2) is 24.6 Å². The lowest BCUT2D eigenvalue weighted by molar-refractivity contribution is 0.111. The van der Waals surface area contributed by atoms with E-state index in [1.165, 1.54) is 12.8 Å². The lowest BCUT2D eigenvalue weighted by Crippen LogP contribution is -1.99. The van der Waals surface area contributed by atoms with Crippen molar-refractivity contribution in [3.8, 4) is 5.75 Å². The van der Waals surface area contributed by atoms with Crippen LogP contribution < -0.4 is 4.74 Å². The number of aliphatic hydroxyl groups excluding tert-OH is 1. The molecule has 0 aliphatic rings. The number of aliphatic hydroxyl groups is 1. The summed E-state index contributed by atoms with van der Waals surface area (Å²) >= 11 is 0. The molecule has 18 heavy (non-hydrogen) atoms. The molecule has 0 saturated heterocycles. The van der Waals surface area contributed by atoms with Crippen molar-refractivity contribution in [3.05, 3.63) is 29.8 Å². The van der Waals surface area contributed by atoms with Crippen LogP contribution in [0.1, 0.15) is 48.9 Å². The van der Waals surface area contributed by atoms with Gasteiger partial charge in [-0.1, -0.05) is 37.8 Å². The molecule has 0 fully saturated rings. The Hall–Kier alpha value is -1.35. The van der Waals surface area contributed by atoms with Gasteiger partial charge in [-0.25, -0.2) is 0 Å². The molecule has 0 radical (unpaired) electrons. The van der Waals surface area contributed by atoms with Crippen LogP contribution in [0.2, 0.25) is 0 Å². The first-order valence-electron chi connectivity index (χ1n) is 6.66. The molecule has 0 aromatic heterocycles. The fourth-order valence-electron chi connectivity index (χ4n) is 1.81. The van der Waals surface area contributed by atoms with E-state index in [1.807, 2.05) is 18.2 Å². The van der Waals surface area contributed by atoms with Crippen LogP contribution in [0.3, 0.4) is 0 Å². The maximum atomic E-state index is 10.8. The number of ether oxygens (including phenoxy) is 1. The van der Waals surface area contributed by atoms with Crippen molar-refractivity contribution in [1.82, 2.24) is 0 Å². The molecule has 0 atom stereocenters. The van der Waals surface area contributed by atoms with Gasteiger partial charge in [0, 0.05) is 6.61 Å². The number of carbonyl (C=O) groups is 1. The zero-order chi connectivity index (χ0) is 13.1.